The number of aromatic nitrogens is 2. The molecule has 39 heavy (non-hydrogen) atoms. The largest absolute Gasteiger partial charge is 0.480 e. The van der Waals surface area contributed by atoms with Crippen molar-refractivity contribution < 1.29 is 32.6 Å². The molecule has 2 heterocycles. The van der Waals surface area contributed by atoms with E-state index in [4.69, 9.17) is 10.3 Å². The van der Waals surface area contributed by atoms with Gasteiger partial charge in [-0.15, -0.1) is 0 Å². The number of rotatable bonds is 7. The third-order valence-corrected chi connectivity index (χ3v) is 6.22. The molecule has 0 spiro atoms. The average Bonchev–Trinajstić information content (AvgIpc) is 3.20. The molecule has 0 bridgehead atoms. The number of amides is 1. The van der Waals surface area contributed by atoms with Crippen LogP contribution in [0.3, 0.4) is 0 Å². The quantitative estimate of drug-likeness (QED) is 0.247. The fourth-order valence-corrected chi connectivity index (χ4v) is 4.35. The maximum absolute atomic E-state index is 13.6. The van der Waals surface area contributed by atoms with Gasteiger partial charge < -0.3 is 9.84 Å². The molecule has 11 nitrogen and oxygen atoms in total. The number of azide groups is 1. The van der Waals surface area contributed by atoms with Crippen LogP contribution in [0.1, 0.15) is 41.9 Å². The highest BCUT2D eigenvalue weighted by atomic mass is 19.4. The number of alkyl halides is 3. The number of hydrogen-bond donors (Lipinski definition) is 1. The molecule has 1 unspecified atom stereocenters. The van der Waals surface area contributed by atoms with Crippen LogP contribution in [0.25, 0.3) is 10.4 Å². The normalized spacial score (nSPS) is 18.1. The second kappa shape index (κ2) is 10.5. The van der Waals surface area contributed by atoms with Crippen molar-refractivity contribution in [2.45, 2.75) is 44.3 Å². The lowest BCUT2D eigenvalue weighted by Crippen LogP contribution is -2.39. The van der Waals surface area contributed by atoms with Crippen molar-refractivity contribution >= 4 is 17.7 Å². The van der Waals surface area contributed by atoms with E-state index in [9.17, 15) is 32.7 Å². The van der Waals surface area contributed by atoms with Crippen molar-refractivity contribution in [1.29, 1.82) is 0 Å². The fraction of sp³-hybridized carbons (Fsp3) is 0.280. The van der Waals surface area contributed by atoms with Crippen LogP contribution in [-0.2, 0) is 34.4 Å². The van der Waals surface area contributed by atoms with Crippen molar-refractivity contribution in [2.24, 2.45) is 5.11 Å². The van der Waals surface area contributed by atoms with E-state index in [1.807, 2.05) is 0 Å². The molecular formula is C25H21F3N6O5. The molecular weight excluding hydrogens is 521 g/mol. The molecule has 0 saturated carbocycles. The number of carbonyl (C=O) groups excluding carboxylic acids is 1. The van der Waals surface area contributed by atoms with Gasteiger partial charge in [0.25, 0.3) is 5.56 Å². The maximum atomic E-state index is 13.6. The molecule has 1 amide bonds. The lowest BCUT2D eigenvalue weighted by atomic mass is 9.98. The second-order valence-corrected chi connectivity index (χ2v) is 8.99. The van der Waals surface area contributed by atoms with Gasteiger partial charge in [0.15, 0.2) is 0 Å². The Morgan fingerprint density at radius 2 is 1.92 bits per heavy atom. The Kier molecular flexibility index (Phi) is 7.32. The van der Waals surface area contributed by atoms with E-state index < -0.39 is 53.2 Å². The average molecular weight is 542 g/mol. The third kappa shape index (κ3) is 5.55. The van der Waals surface area contributed by atoms with Crippen LogP contribution in [0.15, 0.2) is 70.7 Å². The number of fused-ring (bicyclic) bond motifs is 1. The number of carboxylic acids is 1. The number of carbonyl (C=O) groups is 2. The Labute approximate surface area is 218 Å². The molecule has 1 aliphatic rings. The summed E-state index contributed by atoms with van der Waals surface area (Å²) in [4.78, 5) is 46.5. The minimum Gasteiger partial charge on any atom is -0.480 e. The van der Waals surface area contributed by atoms with Gasteiger partial charge >= 0.3 is 18.2 Å². The highest BCUT2D eigenvalue weighted by Crippen LogP contribution is 2.41. The number of benzene rings is 2. The molecule has 1 aliphatic heterocycles. The van der Waals surface area contributed by atoms with E-state index in [0.29, 0.717) is 5.56 Å². The van der Waals surface area contributed by atoms with Crippen LogP contribution in [0.2, 0.25) is 0 Å². The zero-order valence-corrected chi connectivity index (χ0v) is 20.4. The van der Waals surface area contributed by atoms with E-state index in [1.54, 1.807) is 30.3 Å². The standard InChI is InChI=1S/C25H21F3N6O5/c1-24(31-32-29)11-18(21(36)37)34-20(35)19(12-30-22(24)34)33(23(38)39-14-15-6-3-2-4-7-15)13-16-8-5-9-17(10-16)25(26,27)28/h2-10,12,18H,11,13-14H2,1H3,(H,36,37)/t18-,24?/m0/s1. The fourth-order valence-electron chi connectivity index (χ4n) is 4.35. The zero-order valence-electron chi connectivity index (χ0n) is 20.4. The van der Waals surface area contributed by atoms with Gasteiger partial charge in [-0.05, 0) is 42.1 Å². The number of hydrogen-bond acceptors (Lipinski definition) is 6. The number of nitrogens with zero attached hydrogens (tertiary/aromatic N) is 6. The van der Waals surface area contributed by atoms with Crippen LogP contribution in [-0.4, -0.2) is 26.7 Å². The Morgan fingerprint density at radius 3 is 2.56 bits per heavy atom. The molecule has 1 aromatic heterocycles. The predicted octanol–water partition coefficient (Wildman–Crippen LogP) is 5.16. The van der Waals surface area contributed by atoms with Gasteiger partial charge in [-0.3, -0.25) is 14.3 Å². The molecule has 4 rings (SSSR count). The first kappa shape index (κ1) is 27.2. The number of ether oxygens (including phenoxy) is 1. The first-order valence-corrected chi connectivity index (χ1v) is 11.5. The summed E-state index contributed by atoms with van der Waals surface area (Å²) >= 11 is 0. The monoisotopic (exact) mass is 542 g/mol. The smallest absolute Gasteiger partial charge is 0.416 e. The van der Waals surface area contributed by atoms with Crippen molar-refractivity contribution in [3.63, 3.8) is 0 Å². The van der Waals surface area contributed by atoms with Crippen LogP contribution in [0, 0.1) is 0 Å². The molecule has 0 aliphatic carbocycles. The van der Waals surface area contributed by atoms with Crippen LogP contribution >= 0.6 is 0 Å². The summed E-state index contributed by atoms with van der Waals surface area (Å²) in [6.07, 6.45) is -5.01. The molecule has 2 aromatic carbocycles. The predicted molar refractivity (Wildman–Crippen MR) is 131 cm³/mol. The van der Waals surface area contributed by atoms with Gasteiger partial charge in [0.1, 0.15) is 29.7 Å². The lowest BCUT2D eigenvalue weighted by Gasteiger charge is -2.23. The third-order valence-electron chi connectivity index (χ3n) is 6.22. The van der Waals surface area contributed by atoms with Crippen molar-refractivity contribution in [2.75, 3.05) is 4.90 Å². The molecule has 0 radical (unpaired) electrons. The summed E-state index contributed by atoms with van der Waals surface area (Å²) in [6, 6.07) is 11.3. The van der Waals surface area contributed by atoms with E-state index in [0.717, 1.165) is 33.9 Å². The van der Waals surface area contributed by atoms with E-state index in [-0.39, 0.29) is 24.4 Å². The molecule has 202 valence electrons. The second-order valence-electron chi connectivity index (χ2n) is 8.99. The zero-order chi connectivity index (χ0) is 28.4. The number of anilines is 1. The Balaban J connectivity index is 1.79. The maximum Gasteiger partial charge on any atom is 0.416 e. The van der Waals surface area contributed by atoms with E-state index in [1.165, 1.54) is 13.0 Å². The summed E-state index contributed by atoms with van der Waals surface area (Å²) in [5.41, 5.74) is 5.80. The minimum absolute atomic E-state index is 0.0279. The van der Waals surface area contributed by atoms with Crippen LogP contribution < -0.4 is 10.5 Å². The summed E-state index contributed by atoms with van der Waals surface area (Å²) in [6.45, 7) is 0.701. The summed E-state index contributed by atoms with van der Waals surface area (Å²) in [5, 5.41) is 13.4. The topological polar surface area (TPSA) is 150 Å². The van der Waals surface area contributed by atoms with Gasteiger partial charge in [-0.2, -0.15) is 13.2 Å². The van der Waals surface area contributed by atoms with Gasteiger partial charge in [-0.1, -0.05) is 47.6 Å². The highest BCUT2D eigenvalue weighted by Gasteiger charge is 2.46. The summed E-state index contributed by atoms with van der Waals surface area (Å²) < 4.78 is 46.1. The van der Waals surface area contributed by atoms with Gasteiger partial charge in [-0.25, -0.2) is 14.6 Å². The van der Waals surface area contributed by atoms with Crippen LogP contribution in [0.5, 0.6) is 0 Å². The number of halogens is 3. The first-order valence-electron chi connectivity index (χ1n) is 11.5. The Bertz CT molecular complexity index is 1520. The molecule has 2 atom stereocenters. The summed E-state index contributed by atoms with van der Waals surface area (Å²) in [7, 11) is 0. The molecule has 14 heteroatoms. The van der Waals surface area contributed by atoms with Crippen molar-refractivity contribution in [3.8, 4) is 0 Å². The Hall–Kier alpha value is -4.84. The van der Waals surface area contributed by atoms with E-state index >= 15 is 0 Å². The molecule has 0 fully saturated rings. The van der Waals surface area contributed by atoms with Gasteiger partial charge in [0.05, 0.1) is 18.3 Å². The number of carboxylic acid groups (broad SMARTS) is 1. The summed E-state index contributed by atoms with van der Waals surface area (Å²) in [5.74, 6) is -1.52. The Morgan fingerprint density at radius 1 is 1.23 bits per heavy atom. The first-order chi connectivity index (χ1) is 18.4. The minimum atomic E-state index is -4.65. The molecule has 3 aromatic rings. The molecule has 1 N–H and O–H groups in total. The lowest BCUT2D eigenvalue weighted by molar-refractivity contribution is -0.141. The highest BCUT2D eigenvalue weighted by molar-refractivity contribution is 5.87. The van der Waals surface area contributed by atoms with E-state index in [2.05, 4.69) is 15.0 Å². The van der Waals surface area contributed by atoms with Gasteiger partial charge in [0, 0.05) is 4.91 Å². The van der Waals surface area contributed by atoms with Crippen molar-refractivity contribution in [1.82, 2.24) is 9.55 Å². The number of aliphatic carboxylic acids is 1. The van der Waals surface area contributed by atoms with Gasteiger partial charge in [0.2, 0.25) is 0 Å². The molecule has 0 saturated heterocycles. The van der Waals surface area contributed by atoms with Crippen molar-refractivity contribution in [3.05, 3.63) is 104 Å². The van der Waals surface area contributed by atoms with Crippen LogP contribution in [0.4, 0.5) is 23.7 Å². The SMILES string of the molecule is CC1(N=[N+]=[N-])C[C@@H](C(=O)O)n2c1ncc(N(Cc1cccc(C(F)(F)F)c1)C(=O)OCc1ccccc1)c2=O.